The molecule has 3 rings (SSSR count). The zero-order valence-electron chi connectivity index (χ0n) is 9.96. The summed E-state index contributed by atoms with van der Waals surface area (Å²) in [6.07, 6.45) is 1.29. The molecule has 1 aliphatic rings. The van der Waals surface area contributed by atoms with E-state index in [4.69, 9.17) is 28.9 Å². The predicted octanol–water partition coefficient (Wildman–Crippen LogP) is 2.75. The summed E-state index contributed by atoms with van der Waals surface area (Å²) in [6, 6.07) is 3.46. The summed E-state index contributed by atoms with van der Waals surface area (Å²) < 4.78 is 0. The number of aromatic amines is 1. The number of carboxylic acids is 1. The number of halogens is 2. The Morgan fingerprint density at radius 3 is 2.84 bits per heavy atom. The van der Waals surface area contributed by atoms with E-state index in [1.54, 1.807) is 12.1 Å². The van der Waals surface area contributed by atoms with Gasteiger partial charge in [0.2, 0.25) is 0 Å². The number of aromatic nitrogens is 1. The third-order valence-electron chi connectivity index (χ3n) is 3.76. The molecule has 100 valence electrons. The van der Waals surface area contributed by atoms with Crippen molar-refractivity contribution >= 4 is 40.1 Å². The van der Waals surface area contributed by atoms with E-state index >= 15 is 0 Å². The van der Waals surface area contributed by atoms with Crippen LogP contribution < -0.4 is 5.73 Å². The monoisotopic (exact) mass is 298 g/mol. The standard InChI is InChI=1S/C13H12Cl2N2O2/c14-6-3-7-8-5-13(16,12(18)19)2-1-10(8)17-11(7)9(15)4-6/h3-4,17H,1-2,5,16H2,(H,18,19). The second-order valence-electron chi connectivity index (χ2n) is 5.03. The van der Waals surface area contributed by atoms with Crippen LogP contribution in [-0.4, -0.2) is 21.6 Å². The molecule has 0 aliphatic heterocycles. The molecule has 0 spiro atoms. The molecule has 1 aliphatic carbocycles. The van der Waals surface area contributed by atoms with Crippen LogP contribution in [0.15, 0.2) is 12.1 Å². The van der Waals surface area contributed by atoms with Crippen LogP contribution in [0.25, 0.3) is 10.9 Å². The van der Waals surface area contributed by atoms with Crippen LogP contribution in [0.3, 0.4) is 0 Å². The Hall–Kier alpha value is -1.23. The van der Waals surface area contributed by atoms with E-state index in [0.717, 1.165) is 22.2 Å². The Labute approximate surface area is 119 Å². The third kappa shape index (κ3) is 1.91. The second-order valence-corrected chi connectivity index (χ2v) is 5.87. The quantitative estimate of drug-likeness (QED) is 0.757. The van der Waals surface area contributed by atoms with E-state index in [9.17, 15) is 9.90 Å². The zero-order valence-corrected chi connectivity index (χ0v) is 11.5. The highest BCUT2D eigenvalue weighted by Crippen LogP contribution is 2.37. The summed E-state index contributed by atoms with van der Waals surface area (Å²) in [5.41, 5.74) is 7.46. The van der Waals surface area contributed by atoms with Crippen molar-refractivity contribution in [2.45, 2.75) is 24.8 Å². The molecule has 1 aromatic heterocycles. The van der Waals surface area contributed by atoms with Crippen LogP contribution >= 0.6 is 23.2 Å². The number of benzene rings is 1. The largest absolute Gasteiger partial charge is 0.480 e. The number of fused-ring (bicyclic) bond motifs is 3. The van der Waals surface area contributed by atoms with Crippen molar-refractivity contribution in [3.05, 3.63) is 33.4 Å². The number of nitrogens with two attached hydrogens (primary N) is 1. The van der Waals surface area contributed by atoms with Gasteiger partial charge < -0.3 is 15.8 Å². The van der Waals surface area contributed by atoms with Gasteiger partial charge in [0.15, 0.2) is 0 Å². The summed E-state index contributed by atoms with van der Waals surface area (Å²) in [7, 11) is 0. The summed E-state index contributed by atoms with van der Waals surface area (Å²) >= 11 is 12.2. The molecular weight excluding hydrogens is 287 g/mol. The van der Waals surface area contributed by atoms with Crippen LogP contribution in [0.4, 0.5) is 0 Å². The molecule has 0 saturated carbocycles. The highest BCUT2D eigenvalue weighted by Gasteiger charge is 2.39. The molecular formula is C13H12Cl2N2O2. The summed E-state index contributed by atoms with van der Waals surface area (Å²) in [6.45, 7) is 0. The van der Waals surface area contributed by atoms with Gasteiger partial charge in [-0.1, -0.05) is 23.2 Å². The highest BCUT2D eigenvalue weighted by atomic mass is 35.5. The van der Waals surface area contributed by atoms with E-state index in [-0.39, 0.29) is 6.42 Å². The molecule has 1 unspecified atom stereocenters. The normalized spacial score (nSPS) is 22.5. The van der Waals surface area contributed by atoms with Gasteiger partial charge in [0.25, 0.3) is 0 Å². The van der Waals surface area contributed by atoms with Gasteiger partial charge in [0.1, 0.15) is 5.54 Å². The molecule has 2 aromatic rings. The number of nitrogens with one attached hydrogen (secondary N) is 1. The fourth-order valence-electron chi connectivity index (χ4n) is 2.68. The number of aryl methyl sites for hydroxylation is 1. The number of carboxylic acid groups (broad SMARTS) is 1. The maximum Gasteiger partial charge on any atom is 0.324 e. The Kier molecular flexibility index (Phi) is 2.78. The smallest absolute Gasteiger partial charge is 0.324 e. The second kappa shape index (κ2) is 4.13. The lowest BCUT2D eigenvalue weighted by molar-refractivity contribution is -0.143. The summed E-state index contributed by atoms with van der Waals surface area (Å²) in [5, 5.41) is 11.2. The van der Waals surface area contributed by atoms with Gasteiger partial charge >= 0.3 is 5.97 Å². The molecule has 1 aromatic carbocycles. The lowest BCUT2D eigenvalue weighted by Crippen LogP contribution is -2.52. The van der Waals surface area contributed by atoms with Gasteiger partial charge in [-0.2, -0.15) is 0 Å². The SMILES string of the molecule is NC1(C(=O)O)CCc2[nH]c3c(Cl)cc(Cl)cc3c2C1. The molecule has 4 N–H and O–H groups in total. The van der Waals surface area contributed by atoms with Crippen molar-refractivity contribution in [1.82, 2.24) is 4.98 Å². The van der Waals surface area contributed by atoms with Crippen LogP contribution in [0.5, 0.6) is 0 Å². The van der Waals surface area contributed by atoms with E-state index in [0.29, 0.717) is 22.9 Å². The first-order valence-electron chi connectivity index (χ1n) is 5.91. The van der Waals surface area contributed by atoms with Crippen molar-refractivity contribution in [2.75, 3.05) is 0 Å². The van der Waals surface area contributed by atoms with E-state index in [2.05, 4.69) is 4.98 Å². The zero-order chi connectivity index (χ0) is 13.8. The van der Waals surface area contributed by atoms with Gasteiger partial charge in [-0.25, -0.2) is 0 Å². The molecule has 6 heteroatoms. The minimum absolute atomic E-state index is 0.286. The average Bonchev–Trinajstić information content (AvgIpc) is 2.67. The van der Waals surface area contributed by atoms with Gasteiger partial charge in [0.05, 0.1) is 10.5 Å². The van der Waals surface area contributed by atoms with E-state index in [1.807, 2.05) is 0 Å². The van der Waals surface area contributed by atoms with Crippen molar-refractivity contribution in [2.24, 2.45) is 5.73 Å². The maximum absolute atomic E-state index is 11.3. The lowest BCUT2D eigenvalue weighted by atomic mass is 9.80. The van der Waals surface area contributed by atoms with Gasteiger partial charge in [-0.05, 0) is 30.5 Å². The topological polar surface area (TPSA) is 79.1 Å². The van der Waals surface area contributed by atoms with E-state index in [1.165, 1.54) is 0 Å². The highest BCUT2D eigenvalue weighted by molar-refractivity contribution is 6.38. The molecule has 0 saturated heterocycles. The molecule has 0 fully saturated rings. The lowest BCUT2D eigenvalue weighted by Gasteiger charge is -2.29. The molecule has 0 amide bonds. The number of hydrogen-bond acceptors (Lipinski definition) is 2. The molecule has 19 heavy (non-hydrogen) atoms. The Morgan fingerprint density at radius 2 is 2.16 bits per heavy atom. The number of H-pyrrole nitrogens is 1. The fourth-order valence-corrected chi connectivity index (χ4v) is 3.22. The molecule has 1 heterocycles. The Morgan fingerprint density at radius 1 is 1.42 bits per heavy atom. The van der Waals surface area contributed by atoms with Crippen molar-refractivity contribution in [1.29, 1.82) is 0 Å². The predicted molar refractivity (Wildman–Crippen MR) is 74.9 cm³/mol. The van der Waals surface area contributed by atoms with Gasteiger partial charge in [0, 0.05) is 22.5 Å². The van der Waals surface area contributed by atoms with Crippen molar-refractivity contribution in [3.63, 3.8) is 0 Å². The van der Waals surface area contributed by atoms with Crippen LogP contribution in [0.1, 0.15) is 17.7 Å². The van der Waals surface area contributed by atoms with Crippen LogP contribution in [0, 0.1) is 0 Å². The number of aliphatic carboxylic acids is 1. The third-order valence-corrected chi connectivity index (χ3v) is 4.28. The first-order valence-corrected chi connectivity index (χ1v) is 6.67. The maximum atomic E-state index is 11.3. The average molecular weight is 299 g/mol. The number of hydrogen-bond donors (Lipinski definition) is 3. The van der Waals surface area contributed by atoms with Gasteiger partial charge in [-0.3, -0.25) is 4.79 Å². The number of carbonyl (C=O) groups is 1. The van der Waals surface area contributed by atoms with Crippen LogP contribution in [0.2, 0.25) is 10.0 Å². The number of rotatable bonds is 1. The minimum Gasteiger partial charge on any atom is -0.480 e. The molecule has 0 bridgehead atoms. The van der Waals surface area contributed by atoms with Crippen LogP contribution in [-0.2, 0) is 17.6 Å². The van der Waals surface area contributed by atoms with E-state index < -0.39 is 11.5 Å². The summed E-state index contributed by atoms with van der Waals surface area (Å²) in [4.78, 5) is 14.5. The van der Waals surface area contributed by atoms with Gasteiger partial charge in [-0.15, -0.1) is 0 Å². The summed E-state index contributed by atoms with van der Waals surface area (Å²) in [5.74, 6) is -0.972. The first kappa shape index (κ1) is 12.8. The first-order chi connectivity index (χ1) is 8.90. The van der Waals surface area contributed by atoms with Crippen molar-refractivity contribution < 1.29 is 9.90 Å². The molecule has 1 atom stereocenters. The van der Waals surface area contributed by atoms with Crippen molar-refractivity contribution in [3.8, 4) is 0 Å². The minimum atomic E-state index is -1.21. The molecule has 4 nitrogen and oxygen atoms in total. The Bertz CT molecular complexity index is 695. The fraction of sp³-hybridized carbons (Fsp3) is 0.308. The molecule has 0 radical (unpaired) electrons. The Balaban J connectivity index is 2.21.